The number of imide groups is 1. The molecule has 0 aliphatic carbocycles. The highest BCUT2D eigenvalue weighted by molar-refractivity contribution is 6.04. The van der Waals surface area contributed by atoms with Gasteiger partial charge in [-0.25, -0.2) is 4.79 Å². The molecule has 9 nitrogen and oxygen atoms in total. The molecule has 9 heteroatoms. The van der Waals surface area contributed by atoms with Crippen LogP contribution in [0, 0.1) is 0 Å². The first-order chi connectivity index (χ1) is 12.0. The van der Waals surface area contributed by atoms with Crippen molar-refractivity contribution >= 4 is 23.8 Å². The van der Waals surface area contributed by atoms with Crippen molar-refractivity contribution in [1.29, 1.82) is 0 Å². The largest absolute Gasteiger partial charge is 0.459 e. The van der Waals surface area contributed by atoms with Gasteiger partial charge < -0.3 is 19.1 Å². The van der Waals surface area contributed by atoms with Gasteiger partial charge >= 0.3 is 6.03 Å². The standard InChI is InChI=1S/C16H20N4O5/c1-17-10-14(22)20(16(17)24)11-13(21)18-5-3-6-19(8-7-18)15(23)12-4-2-9-25-12/h2,4,9H,3,5-8,10-11H2,1H3. The second kappa shape index (κ2) is 6.96. The first kappa shape index (κ1) is 17.0. The third-order valence-corrected chi connectivity index (χ3v) is 4.39. The van der Waals surface area contributed by atoms with E-state index in [2.05, 4.69) is 0 Å². The number of carbonyl (C=O) groups excluding carboxylic acids is 4. The molecule has 0 saturated carbocycles. The van der Waals surface area contributed by atoms with Crippen LogP contribution in [0.2, 0.25) is 0 Å². The molecule has 2 aliphatic heterocycles. The lowest BCUT2D eigenvalue weighted by atomic mass is 10.3. The minimum atomic E-state index is -0.456. The van der Waals surface area contributed by atoms with Crippen molar-refractivity contribution in [2.24, 2.45) is 0 Å². The Morgan fingerprint density at radius 1 is 1.12 bits per heavy atom. The summed E-state index contributed by atoms with van der Waals surface area (Å²) in [5.74, 6) is -0.587. The van der Waals surface area contributed by atoms with Crippen LogP contribution in [0.3, 0.4) is 0 Å². The number of urea groups is 1. The molecule has 2 saturated heterocycles. The van der Waals surface area contributed by atoms with Gasteiger partial charge in [-0.2, -0.15) is 0 Å². The molecule has 0 radical (unpaired) electrons. The van der Waals surface area contributed by atoms with Crippen LogP contribution in [0.15, 0.2) is 22.8 Å². The average Bonchev–Trinajstić information content (AvgIpc) is 3.11. The SMILES string of the molecule is CN1CC(=O)N(CC(=O)N2CCCN(C(=O)c3ccco3)CC2)C1=O. The average molecular weight is 348 g/mol. The highest BCUT2D eigenvalue weighted by Crippen LogP contribution is 2.12. The normalized spacial score (nSPS) is 18.8. The number of carbonyl (C=O) groups is 4. The van der Waals surface area contributed by atoms with E-state index in [0.717, 1.165) is 4.90 Å². The van der Waals surface area contributed by atoms with Crippen LogP contribution in [0.25, 0.3) is 0 Å². The molecule has 134 valence electrons. The van der Waals surface area contributed by atoms with E-state index in [9.17, 15) is 19.2 Å². The molecule has 25 heavy (non-hydrogen) atoms. The molecule has 5 amide bonds. The Kier molecular flexibility index (Phi) is 4.73. The van der Waals surface area contributed by atoms with Crippen molar-refractivity contribution in [3.05, 3.63) is 24.2 Å². The van der Waals surface area contributed by atoms with Gasteiger partial charge in [-0.3, -0.25) is 19.3 Å². The van der Waals surface area contributed by atoms with Crippen molar-refractivity contribution in [1.82, 2.24) is 19.6 Å². The maximum absolute atomic E-state index is 12.4. The fraction of sp³-hybridized carbons (Fsp3) is 0.500. The molecule has 0 spiro atoms. The third kappa shape index (κ3) is 3.49. The van der Waals surface area contributed by atoms with Gasteiger partial charge in [-0.05, 0) is 18.6 Å². The smallest absolute Gasteiger partial charge is 0.327 e. The van der Waals surface area contributed by atoms with Crippen molar-refractivity contribution in [3.63, 3.8) is 0 Å². The number of amides is 5. The first-order valence-corrected chi connectivity index (χ1v) is 8.13. The number of rotatable bonds is 3. The van der Waals surface area contributed by atoms with E-state index < -0.39 is 6.03 Å². The molecule has 0 bridgehead atoms. The number of furan rings is 1. The predicted octanol–water partition coefficient (Wildman–Crippen LogP) is -0.152. The van der Waals surface area contributed by atoms with Crippen molar-refractivity contribution in [2.75, 3.05) is 46.3 Å². The fourth-order valence-electron chi connectivity index (χ4n) is 2.99. The summed E-state index contributed by atoms with van der Waals surface area (Å²) >= 11 is 0. The van der Waals surface area contributed by atoms with Crippen molar-refractivity contribution in [3.8, 4) is 0 Å². The van der Waals surface area contributed by atoms with Gasteiger partial charge in [0.2, 0.25) is 5.91 Å². The summed E-state index contributed by atoms with van der Waals surface area (Å²) in [6.45, 7) is 1.48. The lowest BCUT2D eigenvalue weighted by Crippen LogP contribution is -2.44. The van der Waals surface area contributed by atoms with E-state index in [1.807, 2.05) is 0 Å². The Morgan fingerprint density at radius 2 is 1.84 bits per heavy atom. The Bertz CT molecular complexity index is 687. The van der Waals surface area contributed by atoms with E-state index in [1.54, 1.807) is 21.9 Å². The second-order valence-corrected chi connectivity index (χ2v) is 6.12. The van der Waals surface area contributed by atoms with Crippen LogP contribution in [-0.2, 0) is 9.59 Å². The van der Waals surface area contributed by atoms with Crippen LogP contribution in [0.4, 0.5) is 4.79 Å². The molecule has 0 aromatic carbocycles. The predicted molar refractivity (Wildman–Crippen MR) is 85.5 cm³/mol. The van der Waals surface area contributed by atoms with Crippen LogP contribution in [-0.4, -0.2) is 89.7 Å². The van der Waals surface area contributed by atoms with Crippen LogP contribution in [0.1, 0.15) is 17.0 Å². The molecule has 0 unspecified atom stereocenters. The molecule has 2 aliphatic rings. The molecule has 1 aromatic heterocycles. The van der Waals surface area contributed by atoms with Gasteiger partial charge in [-0.15, -0.1) is 0 Å². The molecule has 2 fully saturated rings. The third-order valence-electron chi connectivity index (χ3n) is 4.39. The summed E-state index contributed by atoms with van der Waals surface area (Å²) in [4.78, 5) is 53.9. The lowest BCUT2D eigenvalue weighted by Gasteiger charge is -2.23. The van der Waals surface area contributed by atoms with Crippen LogP contribution >= 0.6 is 0 Å². The molecule has 3 rings (SSSR count). The first-order valence-electron chi connectivity index (χ1n) is 8.13. The zero-order valence-corrected chi connectivity index (χ0v) is 14.0. The van der Waals surface area contributed by atoms with E-state index >= 15 is 0 Å². The van der Waals surface area contributed by atoms with Crippen LogP contribution in [0.5, 0.6) is 0 Å². The Balaban J connectivity index is 1.57. The zero-order valence-electron chi connectivity index (χ0n) is 14.0. The van der Waals surface area contributed by atoms with Gasteiger partial charge in [0.05, 0.1) is 6.26 Å². The number of nitrogens with zero attached hydrogens (tertiary/aromatic N) is 4. The maximum Gasteiger partial charge on any atom is 0.327 e. The van der Waals surface area contributed by atoms with E-state index in [4.69, 9.17) is 4.42 Å². The summed E-state index contributed by atoms with van der Waals surface area (Å²) in [6, 6.07) is 2.81. The number of likely N-dealkylation sites (N-methyl/N-ethyl adjacent to an activating group) is 1. The molecule has 3 heterocycles. The lowest BCUT2D eigenvalue weighted by molar-refractivity contribution is -0.136. The quantitative estimate of drug-likeness (QED) is 0.708. The Hall–Kier alpha value is -2.84. The van der Waals surface area contributed by atoms with Gasteiger partial charge in [0.25, 0.3) is 11.8 Å². The maximum atomic E-state index is 12.4. The topological polar surface area (TPSA) is 94.4 Å². The van der Waals surface area contributed by atoms with Crippen molar-refractivity contribution < 1.29 is 23.6 Å². The summed E-state index contributed by atoms with van der Waals surface area (Å²) in [6.07, 6.45) is 2.07. The van der Waals surface area contributed by atoms with Gasteiger partial charge in [-0.1, -0.05) is 0 Å². The summed E-state index contributed by atoms with van der Waals surface area (Å²) in [5, 5.41) is 0. The minimum absolute atomic E-state index is 0.00244. The Labute approximate surface area is 144 Å². The Morgan fingerprint density at radius 3 is 2.48 bits per heavy atom. The van der Waals surface area contributed by atoms with Gasteiger partial charge in [0.1, 0.15) is 13.1 Å². The van der Waals surface area contributed by atoms with Gasteiger partial charge in [0, 0.05) is 33.2 Å². The molecule has 0 atom stereocenters. The minimum Gasteiger partial charge on any atom is -0.459 e. The second-order valence-electron chi connectivity index (χ2n) is 6.12. The molecular formula is C16H20N4O5. The molecular weight excluding hydrogens is 328 g/mol. The van der Waals surface area contributed by atoms with Crippen LogP contribution < -0.4 is 0 Å². The number of hydrogen-bond acceptors (Lipinski definition) is 5. The summed E-state index contributed by atoms with van der Waals surface area (Å²) in [7, 11) is 1.52. The van der Waals surface area contributed by atoms with E-state index in [1.165, 1.54) is 18.2 Å². The van der Waals surface area contributed by atoms with Gasteiger partial charge in [0.15, 0.2) is 5.76 Å². The highest BCUT2D eigenvalue weighted by Gasteiger charge is 2.36. The zero-order chi connectivity index (χ0) is 18.0. The molecule has 0 N–H and O–H groups in total. The molecule has 1 aromatic rings. The van der Waals surface area contributed by atoms with E-state index in [-0.39, 0.29) is 36.6 Å². The monoisotopic (exact) mass is 348 g/mol. The fourth-order valence-corrected chi connectivity index (χ4v) is 2.99. The number of hydrogen-bond donors (Lipinski definition) is 0. The van der Waals surface area contributed by atoms with E-state index in [0.29, 0.717) is 32.6 Å². The highest BCUT2D eigenvalue weighted by atomic mass is 16.3. The summed E-state index contributed by atoms with van der Waals surface area (Å²) < 4.78 is 5.13. The van der Waals surface area contributed by atoms with Crippen molar-refractivity contribution in [2.45, 2.75) is 6.42 Å². The summed E-state index contributed by atoms with van der Waals surface area (Å²) in [5.41, 5.74) is 0.